The number of carboxylic acid groups (broad SMARTS) is 1. The quantitative estimate of drug-likeness (QED) is 0.746. The molecule has 0 aliphatic carbocycles. The molecule has 3 aromatic rings. The van der Waals surface area contributed by atoms with Crippen LogP contribution in [0.2, 0.25) is 0 Å². The van der Waals surface area contributed by atoms with Crippen molar-refractivity contribution in [2.24, 2.45) is 7.05 Å². The summed E-state index contributed by atoms with van der Waals surface area (Å²) < 4.78 is 7.62. The van der Waals surface area contributed by atoms with Crippen molar-refractivity contribution < 1.29 is 14.6 Å². The molecule has 0 fully saturated rings. The van der Waals surface area contributed by atoms with Crippen LogP contribution in [0.4, 0.5) is 0 Å². The normalized spacial score (nSPS) is 10.2. The molecule has 6 nitrogen and oxygen atoms in total. The van der Waals surface area contributed by atoms with Crippen LogP contribution < -0.4 is 4.74 Å². The summed E-state index contributed by atoms with van der Waals surface area (Å²) in [5.41, 5.74) is 4.15. The lowest BCUT2D eigenvalue weighted by Crippen LogP contribution is -1.97. The summed E-state index contributed by atoms with van der Waals surface area (Å²) in [5, 5.41) is 8.02. The monoisotopic (exact) mass is 327 g/mol. The summed E-state index contributed by atoms with van der Waals surface area (Å²) in [4.78, 5) is 17.5. The number of hydrogen-bond donors (Lipinski definition) is 1. The van der Waals surface area contributed by atoms with Crippen LogP contribution in [0.15, 0.2) is 30.5 Å². The van der Waals surface area contributed by atoms with Gasteiger partial charge in [0.1, 0.15) is 11.6 Å². The molecule has 2 heterocycles. The summed E-state index contributed by atoms with van der Waals surface area (Å²) in [6, 6.07) is 8.14. The van der Waals surface area contributed by atoms with E-state index in [1.54, 1.807) is 0 Å². The van der Waals surface area contributed by atoms with Crippen molar-refractivity contribution in [1.82, 2.24) is 14.5 Å². The average Bonchev–Trinajstić information content (AvgIpc) is 2.88. The summed E-state index contributed by atoms with van der Waals surface area (Å²) in [5.74, 6) is 1.87. The van der Waals surface area contributed by atoms with Crippen molar-refractivity contribution in [3.05, 3.63) is 41.9 Å². The van der Waals surface area contributed by atoms with E-state index in [2.05, 4.69) is 28.6 Å². The number of nitrogens with zero attached hydrogens (tertiary/aromatic N) is 3. The highest BCUT2D eigenvalue weighted by molar-refractivity contribution is 5.85. The predicted molar refractivity (Wildman–Crippen MR) is 93.3 cm³/mol. The fourth-order valence-corrected chi connectivity index (χ4v) is 2.50. The minimum atomic E-state index is -0.250. The summed E-state index contributed by atoms with van der Waals surface area (Å²) in [6.07, 6.45) is 1.87. The molecule has 2 aromatic heterocycles. The van der Waals surface area contributed by atoms with Crippen LogP contribution in [0.1, 0.15) is 18.3 Å². The maximum absolute atomic E-state index is 8.36. The lowest BCUT2D eigenvalue weighted by molar-refractivity contribution is -0.122. The second kappa shape index (κ2) is 7.59. The first kappa shape index (κ1) is 17.5. The maximum atomic E-state index is 8.36. The van der Waals surface area contributed by atoms with Gasteiger partial charge in [-0.25, -0.2) is 9.97 Å². The number of fused-ring (bicyclic) bond motifs is 1. The second-order valence-electron chi connectivity index (χ2n) is 5.29. The number of hydrogen-bond acceptors (Lipinski definition) is 4. The molecule has 0 amide bonds. The van der Waals surface area contributed by atoms with Crippen LogP contribution >= 0.6 is 0 Å². The van der Waals surface area contributed by atoms with E-state index >= 15 is 0 Å². The van der Waals surface area contributed by atoms with Crippen molar-refractivity contribution in [3.63, 3.8) is 0 Å². The number of carbonyl (C=O) groups is 1. The minimum absolute atomic E-state index is 0.250. The fourth-order valence-electron chi connectivity index (χ4n) is 2.50. The Hall–Kier alpha value is -2.89. The molecule has 0 aliphatic rings. The Morgan fingerprint density at radius 2 is 2.00 bits per heavy atom. The van der Waals surface area contributed by atoms with Gasteiger partial charge in [0, 0.05) is 12.4 Å². The molecule has 3 rings (SSSR count). The Kier molecular flexibility index (Phi) is 5.52. The summed E-state index contributed by atoms with van der Waals surface area (Å²) >= 11 is 0. The first-order chi connectivity index (χ1) is 11.5. The van der Waals surface area contributed by atoms with E-state index < -0.39 is 0 Å². The van der Waals surface area contributed by atoms with Gasteiger partial charge in [0.2, 0.25) is 0 Å². The van der Waals surface area contributed by atoms with Gasteiger partial charge in [-0.15, -0.1) is 0 Å². The second-order valence-corrected chi connectivity index (χ2v) is 5.29. The van der Waals surface area contributed by atoms with Gasteiger partial charge < -0.3 is 14.4 Å². The van der Waals surface area contributed by atoms with Crippen LogP contribution in [0.25, 0.3) is 22.3 Å². The molecule has 0 radical (unpaired) electrons. The van der Waals surface area contributed by atoms with Crippen molar-refractivity contribution in [2.75, 3.05) is 6.61 Å². The molecule has 0 unspecified atom stereocenters. The van der Waals surface area contributed by atoms with E-state index in [1.165, 1.54) is 5.56 Å². The molecular weight excluding hydrogens is 306 g/mol. The van der Waals surface area contributed by atoms with Crippen molar-refractivity contribution in [1.29, 1.82) is 0 Å². The highest BCUT2D eigenvalue weighted by Gasteiger charge is 2.10. The van der Waals surface area contributed by atoms with E-state index in [9.17, 15) is 0 Å². The zero-order valence-electron chi connectivity index (χ0n) is 14.3. The Morgan fingerprint density at radius 3 is 2.58 bits per heavy atom. The van der Waals surface area contributed by atoms with E-state index in [4.69, 9.17) is 19.6 Å². The van der Waals surface area contributed by atoms with Gasteiger partial charge in [0.25, 0.3) is 6.47 Å². The van der Waals surface area contributed by atoms with E-state index in [0.29, 0.717) is 6.61 Å². The number of rotatable bonds is 3. The highest BCUT2D eigenvalue weighted by Crippen LogP contribution is 2.27. The van der Waals surface area contributed by atoms with E-state index in [0.717, 1.165) is 33.9 Å². The molecule has 0 aliphatic heterocycles. The topological polar surface area (TPSA) is 77.2 Å². The minimum Gasteiger partial charge on any atom is -0.494 e. The number of imidazole rings is 1. The van der Waals surface area contributed by atoms with Crippen molar-refractivity contribution in [2.45, 2.75) is 20.8 Å². The largest absolute Gasteiger partial charge is 0.494 e. The van der Waals surface area contributed by atoms with Gasteiger partial charge in [0.05, 0.1) is 29.7 Å². The van der Waals surface area contributed by atoms with Crippen LogP contribution in [0, 0.1) is 13.8 Å². The predicted octanol–water partition coefficient (Wildman–Crippen LogP) is 3.35. The van der Waals surface area contributed by atoms with Crippen LogP contribution in [0.5, 0.6) is 5.75 Å². The van der Waals surface area contributed by atoms with Gasteiger partial charge in [-0.3, -0.25) is 4.79 Å². The maximum Gasteiger partial charge on any atom is 0.290 e. The van der Waals surface area contributed by atoms with Crippen molar-refractivity contribution >= 4 is 17.4 Å². The molecule has 0 atom stereocenters. The Bertz CT molecular complexity index is 856. The summed E-state index contributed by atoms with van der Waals surface area (Å²) in [7, 11) is 2.01. The van der Waals surface area contributed by atoms with Crippen molar-refractivity contribution in [3.8, 4) is 17.1 Å². The molecule has 1 N–H and O–H groups in total. The van der Waals surface area contributed by atoms with E-state index in [1.807, 2.05) is 39.2 Å². The van der Waals surface area contributed by atoms with Crippen LogP contribution in [-0.2, 0) is 11.8 Å². The van der Waals surface area contributed by atoms with Gasteiger partial charge in [-0.2, -0.15) is 0 Å². The lowest BCUT2D eigenvalue weighted by Gasteiger charge is -2.09. The fraction of sp³-hybridized carbons (Fsp3) is 0.278. The molecule has 0 bridgehead atoms. The van der Waals surface area contributed by atoms with Gasteiger partial charge in [0.15, 0.2) is 0 Å². The molecular formula is C18H21N3O3. The van der Waals surface area contributed by atoms with E-state index in [-0.39, 0.29) is 6.47 Å². The standard InChI is InChI=1S/C17H19N3O.CH2O2/c1-5-21-13-6-7-15-14(9-13)11(2)8-16(19-15)17-10-18-12(3)20(17)4;2-1-3/h6-10H,5H2,1-4H3;1H,(H,2,3). The van der Waals surface area contributed by atoms with Gasteiger partial charge in [-0.1, -0.05) is 0 Å². The Morgan fingerprint density at radius 1 is 1.29 bits per heavy atom. The first-order valence-electron chi connectivity index (χ1n) is 7.62. The lowest BCUT2D eigenvalue weighted by atomic mass is 10.1. The number of ether oxygens (including phenoxy) is 1. The smallest absolute Gasteiger partial charge is 0.290 e. The third-order valence-corrected chi connectivity index (χ3v) is 3.78. The van der Waals surface area contributed by atoms with Crippen LogP contribution in [0.3, 0.4) is 0 Å². The Balaban J connectivity index is 0.000000647. The zero-order chi connectivity index (χ0) is 17.7. The number of benzene rings is 1. The third-order valence-electron chi connectivity index (χ3n) is 3.78. The Labute approximate surface area is 140 Å². The molecule has 0 saturated heterocycles. The SMILES string of the molecule is CCOc1ccc2nc(-c3cnc(C)n3C)cc(C)c2c1.O=CO. The average molecular weight is 327 g/mol. The van der Waals surface area contributed by atoms with Crippen LogP contribution in [-0.4, -0.2) is 32.7 Å². The molecule has 126 valence electrons. The summed E-state index contributed by atoms with van der Waals surface area (Å²) in [6.45, 7) is 6.51. The molecule has 0 spiro atoms. The number of pyridine rings is 1. The molecule has 24 heavy (non-hydrogen) atoms. The van der Waals surface area contributed by atoms with Gasteiger partial charge >= 0.3 is 0 Å². The molecule has 1 aromatic carbocycles. The number of aryl methyl sites for hydroxylation is 2. The molecule has 0 saturated carbocycles. The first-order valence-corrected chi connectivity index (χ1v) is 7.62. The number of aromatic nitrogens is 3. The molecule has 6 heteroatoms. The van der Waals surface area contributed by atoms with Gasteiger partial charge in [-0.05, 0) is 50.6 Å². The zero-order valence-corrected chi connectivity index (χ0v) is 14.3. The third kappa shape index (κ3) is 3.53. The highest BCUT2D eigenvalue weighted by atomic mass is 16.5.